The van der Waals surface area contributed by atoms with E-state index >= 15 is 0 Å². The van der Waals surface area contributed by atoms with Crippen molar-refractivity contribution in [2.45, 2.75) is 0 Å². The van der Waals surface area contributed by atoms with Crippen LogP contribution in [0.5, 0.6) is 0 Å². The van der Waals surface area contributed by atoms with Crippen LogP contribution in [0.3, 0.4) is 0 Å². The van der Waals surface area contributed by atoms with Gasteiger partial charge >= 0.3 is 0 Å². The van der Waals surface area contributed by atoms with Gasteiger partial charge in [0.1, 0.15) is 0 Å². The molecule has 0 saturated heterocycles. The summed E-state index contributed by atoms with van der Waals surface area (Å²) in [7, 11) is 7.76. The number of hydrogen-bond acceptors (Lipinski definition) is 2. The molecule has 0 bridgehead atoms. The van der Waals surface area contributed by atoms with Crippen LogP contribution in [-0.4, -0.2) is 49.7 Å². The Morgan fingerprint density at radius 3 is 1.17 bits per heavy atom. The third-order valence-corrected chi connectivity index (χ3v) is 3.67. The molecule has 0 aromatic heterocycles. The SMILES string of the molecule is CN(C)C(=Nc1ccc(Cl)cc1)C(=Nc1ccc(Cl)cc1)N(C)C. The highest BCUT2D eigenvalue weighted by atomic mass is 35.5. The molecule has 0 heterocycles. The minimum Gasteiger partial charge on any atom is -0.360 e. The van der Waals surface area contributed by atoms with E-state index in [9.17, 15) is 0 Å². The van der Waals surface area contributed by atoms with E-state index in [2.05, 4.69) is 0 Å². The van der Waals surface area contributed by atoms with E-state index in [0.29, 0.717) is 10.0 Å². The summed E-state index contributed by atoms with van der Waals surface area (Å²) in [6.45, 7) is 0. The summed E-state index contributed by atoms with van der Waals surface area (Å²) < 4.78 is 0. The number of nitrogens with zero attached hydrogens (tertiary/aromatic N) is 4. The second-order valence-electron chi connectivity index (χ2n) is 5.61. The molecule has 0 spiro atoms. The third-order valence-electron chi connectivity index (χ3n) is 3.17. The Labute approximate surface area is 153 Å². The lowest BCUT2D eigenvalue weighted by Gasteiger charge is -2.23. The Morgan fingerprint density at radius 1 is 0.625 bits per heavy atom. The molecular weight excluding hydrogens is 343 g/mol. The van der Waals surface area contributed by atoms with Crippen molar-refractivity contribution in [1.82, 2.24) is 9.80 Å². The van der Waals surface area contributed by atoms with E-state index in [4.69, 9.17) is 33.2 Å². The molecule has 0 aliphatic rings. The molecule has 2 aromatic carbocycles. The summed E-state index contributed by atoms with van der Waals surface area (Å²) in [5, 5.41) is 1.37. The number of amidine groups is 2. The van der Waals surface area contributed by atoms with Crippen LogP contribution in [0, 0.1) is 0 Å². The van der Waals surface area contributed by atoms with Crippen molar-refractivity contribution >= 4 is 46.2 Å². The molecule has 0 fully saturated rings. The Bertz CT molecular complexity index is 667. The van der Waals surface area contributed by atoms with Gasteiger partial charge in [-0.05, 0) is 48.5 Å². The Hall–Kier alpha value is -2.04. The molecule has 24 heavy (non-hydrogen) atoms. The molecule has 0 saturated carbocycles. The van der Waals surface area contributed by atoms with Gasteiger partial charge in [0.05, 0.1) is 11.4 Å². The molecule has 2 rings (SSSR count). The number of rotatable bonds is 2. The average Bonchev–Trinajstić information content (AvgIpc) is 2.54. The first-order valence-corrected chi connectivity index (χ1v) is 8.16. The maximum absolute atomic E-state index is 5.94. The van der Waals surface area contributed by atoms with Gasteiger partial charge in [0.2, 0.25) is 0 Å². The van der Waals surface area contributed by atoms with Crippen molar-refractivity contribution < 1.29 is 0 Å². The Morgan fingerprint density at radius 2 is 0.917 bits per heavy atom. The fourth-order valence-electron chi connectivity index (χ4n) is 1.98. The van der Waals surface area contributed by atoms with Gasteiger partial charge in [-0.3, -0.25) is 0 Å². The molecule has 4 nitrogen and oxygen atoms in total. The predicted octanol–water partition coefficient (Wildman–Crippen LogP) is 4.88. The smallest absolute Gasteiger partial charge is 0.171 e. The molecule has 0 unspecified atom stereocenters. The van der Waals surface area contributed by atoms with Gasteiger partial charge in [-0.15, -0.1) is 0 Å². The van der Waals surface area contributed by atoms with Crippen LogP contribution in [0.4, 0.5) is 11.4 Å². The van der Waals surface area contributed by atoms with Gasteiger partial charge < -0.3 is 9.80 Å². The van der Waals surface area contributed by atoms with E-state index in [1.807, 2.05) is 86.5 Å². The number of aliphatic imine (C=N–C) groups is 2. The highest BCUT2D eigenvalue weighted by Crippen LogP contribution is 2.19. The van der Waals surface area contributed by atoms with Gasteiger partial charge in [0, 0.05) is 38.2 Å². The molecular formula is C18H20Cl2N4. The van der Waals surface area contributed by atoms with Crippen molar-refractivity contribution in [3.8, 4) is 0 Å². The van der Waals surface area contributed by atoms with E-state index < -0.39 is 0 Å². The fraction of sp³-hybridized carbons (Fsp3) is 0.222. The molecule has 6 heteroatoms. The zero-order valence-corrected chi connectivity index (χ0v) is 15.7. The molecule has 2 aromatic rings. The molecule has 0 aliphatic heterocycles. The van der Waals surface area contributed by atoms with Gasteiger partial charge in [-0.1, -0.05) is 23.2 Å². The second kappa shape index (κ2) is 8.18. The van der Waals surface area contributed by atoms with Crippen molar-refractivity contribution in [2.24, 2.45) is 9.98 Å². The lowest BCUT2D eigenvalue weighted by atomic mass is 10.3. The van der Waals surface area contributed by atoms with Crippen molar-refractivity contribution in [1.29, 1.82) is 0 Å². The molecule has 0 radical (unpaired) electrons. The lowest BCUT2D eigenvalue weighted by molar-refractivity contribution is 0.591. The zero-order chi connectivity index (χ0) is 17.7. The van der Waals surface area contributed by atoms with Crippen LogP contribution < -0.4 is 0 Å². The monoisotopic (exact) mass is 362 g/mol. The molecule has 0 aliphatic carbocycles. The highest BCUT2D eigenvalue weighted by molar-refractivity contribution is 6.41. The fourth-order valence-corrected chi connectivity index (χ4v) is 2.23. The zero-order valence-electron chi connectivity index (χ0n) is 14.2. The van der Waals surface area contributed by atoms with Crippen molar-refractivity contribution in [2.75, 3.05) is 28.2 Å². The number of halogens is 2. The lowest BCUT2D eigenvalue weighted by Crippen LogP contribution is -2.38. The van der Waals surface area contributed by atoms with Gasteiger partial charge in [-0.2, -0.15) is 0 Å². The third kappa shape index (κ3) is 4.98. The van der Waals surface area contributed by atoms with E-state index in [-0.39, 0.29) is 0 Å². The summed E-state index contributed by atoms with van der Waals surface area (Å²) in [4.78, 5) is 13.3. The number of benzene rings is 2. The molecule has 0 atom stereocenters. The Balaban J connectivity index is 2.48. The van der Waals surface area contributed by atoms with Crippen LogP contribution in [0.1, 0.15) is 0 Å². The minimum absolute atomic E-state index is 0.683. The largest absolute Gasteiger partial charge is 0.360 e. The topological polar surface area (TPSA) is 31.2 Å². The summed E-state index contributed by atoms with van der Waals surface area (Å²) in [6, 6.07) is 14.8. The molecule has 0 N–H and O–H groups in total. The van der Waals surface area contributed by atoms with Crippen LogP contribution in [0.25, 0.3) is 0 Å². The molecule has 126 valence electrons. The minimum atomic E-state index is 0.683. The summed E-state index contributed by atoms with van der Waals surface area (Å²) >= 11 is 11.9. The van der Waals surface area contributed by atoms with E-state index in [0.717, 1.165) is 23.0 Å². The van der Waals surface area contributed by atoms with Gasteiger partial charge in [0.25, 0.3) is 0 Å². The Kier molecular flexibility index (Phi) is 6.23. The maximum Gasteiger partial charge on any atom is 0.171 e. The highest BCUT2D eigenvalue weighted by Gasteiger charge is 2.14. The number of hydrogen-bond donors (Lipinski definition) is 0. The van der Waals surface area contributed by atoms with Crippen LogP contribution in [0.15, 0.2) is 58.5 Å². The number of likely N-dealkylation sites (N-methyl/N-ethyl adjacent to an activating group) is 2. The quantitative estimate of drug-likeness (QED) is 0.563. The van der Waals surface area contributed by atoms with Crippen molar-refractivity contribution in [3.63, 3.8) is 0 Å². The van der Waals surface area contributed by atoms with Gasteiger partial charge in [0.15, 0.2) is 11.7 Å². The van der Waals surface area contributed by atoms with Crippen LogP contribution in [-0.2, 0) is 0 Å². The van der Waals surface area contributed by atoms with E-state index in [1.54, 1.807) is 0 Å². The first kappa shape index (κ1) is 18.3. The maximum atomic E-state index is 5.94. The summed E-state index contributed by atoms with van der Waals surface area (Å²) in [5.74, 6) is 1.49. The average molecular weight is 363 g/mol. The summed E-state index contributed by atoms with van der Waals surface area (Å²) in [5.41, 5.74) is 1.63. The van der Waals surface area contributed by atoms with E-state index in [1.165, 1.54) is 0 Å². The second-order valence-corrected chi connectivity index (χ2v) is 6.49. The normalized spacial score (nSPS) is 12.2. The van der Waals surface area contributed by atoms with Crippen molar-refractivity contribution in [3.05, 3.63) is 58.6 Å². The first-order valence-electron chi connectivity index (χ1n) is 7.40. The predicted molar refractivity (Wildman–Crippen MR) is 104 cm³/mol. The summed E-state index contributed by atoms with van der Waals surface area (Å²) in [6.07, 6.45) is 0. The van der Waals surface area contributed by atoms with Crippen LogP contribution >= 0.6 is 23.2 Å². The van der Waals surface area contributed by atoms with Gasteiger partial charge in [-0.25, -0.2) is 9.98 Å². The standard InChI is InChI=1S/C18H20Cl2N4/c1-23(2)17(21-15-9-5-13(19)6-10-15)18(24(3)4)22-16-11-7-14(20)8-12-16/h5-12H,1-4H3. The van der Waals surface area contributed by atoms with Crippen LogP contribution in [0.2, 0.25) is 10.0 Å². The first-order chi connectivity index (χ1) is 11.4. The molecule has 0 amide bonds.